The first-order chi connectivity index (χ1) is 16.1. The van der Waals surface area contributed by atoms with Gasteiger partial charge in [-0.1, -0.05) is 60.1 Å². The number of ether oxygens (including phenoxy) is 1. The molecule has 2 aromatic carbocycles. The molecule has 0 aliphatic heterocycles. The first-order valence-corrected chi connectivity index (χ1v) is 10.7. The summed E-state index contributed by atoms with van der Waals surface area (Å²) in [4.78, 5) is 15.4. The van der Waals surface area contributed by atoms with E-state index in [0.717, 1.165) is 28.3 Å². The maximum atomic E-state index is 12.9. The van der Waals surface area contributed by atoms with Gasteiger partial charge in [0.15, 0.2) is 0 Å². The zero-order chi connectivity index (χ0) is 24.5. The Labute approximate surface area is 198 Å². The van der Waals surface area contributed by atoms with Gasteiger partial charge in [-0.15, -0.1) is 0 Å². The van der Waals surface area contributed by atoms with Crippen molar-refractivity contribution in [2.24, 2.45) is 0 Å². The summed E-state index contributed by atoms with van der Waals surface area (Å²) in [7, 11) is 0. The highest BCUT2D eigenvalue weighted by atomic mass is 35.5. The summed E-state index contributed by atoms with van der Waals surface area (Å²) in [5.74, 6) is -0.159. The topological polar surface area (TPSA) is 91.7 Å². The zero-order valence-corrected chi connectivity index (χ0v) is 18.3. The third-order valence-electron chi connectivity index (χ3n) is 5.61. The number of carbonyl (C=O) groups excluding carboxylic acids is 1. The number of aliphatic hydroxyl groups is 2. The summed E-state index contributed by atoms with van der Waals surface area (Å²) in [6.45, 7) is -0.410. The van der Waals surface area contributed by atoms with Gasteiger partial charge in [0.2, 0.25) is 0 Å². The number of halogens is 4. The second kappa shape index (κ2) is 9.61. The van der Waals surface area contributed by atoms with E-state index in [2.05, 4.69) is 10.3 Å². The molecule has 3 aromatic rings. The van der Waals surface area contributed by atoms with E-state index in [1.807, 2.05) is 48.5 Å². The Balaban J connectivity index is 1.36. The first-order valence-electron chi connectivity index (χ1n) is 10.3. The number of pyridine rings is 1. The molecule has 6 nitrogen and oxygen atoms in total. The second-order valence-corrected chi connectivity index (χ2v) is 8.21. The molecular formula is C24H20ClF3N2O4. The number of amides is 1. The fourth-order valence-electron chi connectivity index (χ4n) is 4.00. The highest BCUT2D eigenvalue weighted by molar-refractivity contribution is 6.29. The number of aliphatic hydroxyl groups excluding tert-OH is 2. The van der Waals surface area contributed by atoms with E-state index < -0.39 is 41.9 Å². The van der Waals surface area contributed by atoms with Crippen molar-refractivity contribution in [2.45, 2.75) is 24.3 Å². The molecule has 1 heterocycles. The Morgan fingerprint density at radius 2 is 1.65 bits per heavy atom. The molecule has 1 aromatic heterocycles. The molecule has 2 atom stereocenters. The van der Waals surface area contributed by atoms with Crippen LogP contribution in [0.1, 0.15) is 34.4 Å². The van der Waals surface area contributed by atoms with E-state index in [1.54, 1.807) is 0 Å². The standard InChI is InChI=1S/C24H20ClF3N2O4/c25-21-10-13(9-20(30-21)24(26,27)28)22(32)19(31)11-29-23(33)34-12-18-16-7-3-1-5-14(16)15-6-2-4-8-17(15)18/h1-10,18-19,22,31-32H,11-12H2,(H,29,33). The highest BCUT2D eigenvalue weighted by Gasteiger charge is 2.34. The number of hydrogen-bond donors (Lipinski definition) is 3. The van der Waals surface area contributed by atoms with Crippen LogP contribution in [0.5, 0.6) is 0 Å². The van der Waals surface area contributed by atoms with Crippen molar-refractivity contribution in [3.63, 3.8) is 0 Å². The molecule has 178 valence electrons. The summed E-state index contributed by atoms with van der Waals surface area (Å²) >= 11 is 5.61. The van der Waals surface area contributed by atoms with Gasteiger partial charge in [-0.05, 0) is 39.9 Å². The minimum Gasteiger partial charge on any atom is -0.449 e. The third-order valence-corrected chi connectivity index (χ3v) is 5.81. The first kappa shape index (κ1) is 24.0. The van der Waals surface area contributed by atoms with Crippen LogP contribution in [0.15, 0.2) is 60.7 Å². The van der Waals surface area contributed by atoms with Crippen molar-refractivity contribution in [3.05, 3.63) is 88.2 Å². The molecule has 2 unspecified atom stereocenters. The number of hydrogen-bond acceptors (Lipinski definition) is 5. The number of nitrogens with one attached hydrogen (secondary N) is 1. The van der Waals surface area contributed by atoms with E-state index in [4.69, 9.17) is 16.3 Å². The summed E-state index contributed by atoms with van der Waals surface area (Å²) in [6.07, 6.45) is -8.96. The van der Waals surface area contributed by atoms with Crippen molar-refractivity contribution in [3.8, 4) is 11.1 Å². The lowest BCUT2D eigenvalue weighted by Gasteiger charge is -2.20. The summed E-state index contributed by atoms with van der Waals surface area (Å²) in [5.41, 5.74) is 2.61. The predicted octanol–water partition coefficient (Wildman–Crippen LogP) is 4.69. The van der Waals surface area contributed by atoms with E-state index >= 15 is 0 Å². The van der Waals surface area contributed by atoms with Crippen molar-refractivity contribution in [1.29, 1.82) is 0 Å². The van der Waals surface area contributed by atoms with Crippen LogP contribution in [0, 0.1) is 0 Å². The number of aromatic nitrogens is 1. The minimum absolute atomic E-state index is 0.0490. The smallest absolute Gasteiger partial charge is 0.433 e. The highest BCUT2D eigenvalue weighted by Crippen LogP contribution is 2.44. The lowest BCUT2D eigenvalue weighted by atomic mass is 9.98. The SMILES string of the molecule is O=C(NCC(O)C(O)c1cc(Cl)nc(C(F)(F)F)c1)OCC1c2ccccc2-c2ccccc21. The summed E-state index contributed by atoms with van der Waals surface area (Å²) < 4.78 is 44.1. The number of alkyl halides is 3. The molecule has 4 rings (SSSR count). The normalized spacial score (nSPS) is 14.8. The van der Waals surface area contributed by atoms with E-state index in [9.17, 15) is 28.2 Å². The molecule has 34 heavy (non-hydrogen) atoms. The van der Waals surface area contributed by atoms with Gasteiger partial charge in [0.1, 0.15) is 29.7 Å². The van der Waals surface area contributed by atoms with Crippen molar-refractivity contribution in [1.82, 2.24) is 10.3 Å². The van der Waals surface area contributed by atoms with Crippen LogP contribution in [0.3, 0.4) is 0 Å². The van der Waals surface area contributed by atoms with Crippen LogP contribution in [0.2, 0.25) is 5.15 Å². The molecule has 3 N–H and O–H groups in total. The fraction of sp³-hybridized carbons (Fsp3) is 0.250. The van der Waals surface area contributed by atoms with Gasteiger partial charge < -0.3 is 20.3 Å². The molecule has 0 radical (unpaired) electrons. The van der Waals surface area contributed by atoms with Crippen LogP contribution in [-0.2, 0) is 10.9 Å². The lowest BCUT2D eigenvalue weighted by molar-refractivity contribution is -0.141. The largest absolute Gasteiger partial charge is 0.449 e. The molecule has 1 aliphatic rings. The Morgan fingerprint density at radius 1 is 1.06 bits per heavy atom. The third kappa shape index (κ3) is 5.01. The van der Waals surface area contributed by atoms with Gasteiger partial charge in [-0.2, -0.15) is 13.2 Å². The van der Waals surface area contributed by atoms with Crippen molar-refractivity contribution < 1.29 is 32.9 Å². The molecule has 1 aliphatic carbocycles. The van der Waals surface area contributed by atoms with E-state index in [0.29, 0.717) is 6.07 Å². The quantitative estimate of drug-likeness (QED) is 0.434. The molecule has 0 saturated heterocycles. The maximum Gasteiger partial charge on any atom is 0.433 e. The molecule has 10 heteroatoms. The van der Waals surface area contributed by atoms with Crippen LogP contribution >= 0.6 is 11.6 Å². The van der Waals surface area contributed by atoms with Gasteiger partial charge in [0, 0.05) is 12.5 Å². The molecule has 0 saturated carbocycles. The number of alkyl carbamates (subject to hydrolysis) is 1. The van der Waals surface area contributed by atoms with Gasteiger partial charge in [0.25, 0.3) is 0 Å². The Bertz CT molecular complexity index is 1160. The number of benzene rings is 2. The number of nitrogens with zero attached hydrogens (tertiary/aromatic N) is 1. The summed E-state index contributed by atoms with van der Waals surface area (Å²) in [6, 6.07) is 17.2. The van der Waals surface area contributed by atoms with Crippen LogP contribution in [0.25, 0.3) is 11.1 Å². The molecular weight excluding hydrogens is 473 g/mol. The predicted molar refractivity (Wildman–Crippen MR) is 118 cm³/mol. The lowest BCUT2D eigenvalue weighted by Crippen LogP contribution is -2.36. The number of rotatable bonds is 6. The van der Waals surface area contributed by atoms with Crippen molar-refractivity contribution >= 4 is 17.7 Å². The van der Waals surface area contributed by atoms with Gasteiger partial charge >= 0.3 is 12.3 Å². The minimum atomic E-state index is -4.77. The molecule has 1 amide bonds. The van der Waals surface area contributed by atoms with Gasteiger partial charge in [-0.25, -0.2) is 9.78 Å². The molecule has 0 fully saturated rings. The Hall–Kier alpha value is -3.14. The number of fused-ring (bicyclic) bond motifs is 3. The average molecular weight is 493 g/mol. The maximum absolute atomic E-state index is 12.9. The van der Waals surface area contributed by atoms with Crippen molar-refractivity contribution in [2.75, 3.05) is 13.2 Å². The molecule has 0 bridgehead atoms. The monoisotopic (exact) mass is 492 g/mol. The van der Waals surface area contributed by atoms with E-state index in [1.165, 1.54) is 0 Å². The number of carbonyl (C=O) groups is 1. The average Bonchev–Trinajstić information content (AvgIpc) is 3.13. The molecule has 0 spiro atoms. The Kier molecular flexibility index (Phi) is 6.79. The Morgan fingerprint density at radius 3 is 2.24 bits per heavy atom. The summed E-state index contributed by atoms with van der Waals surface area (Å²) in [5, 5.41) is 22.3. The van der Waals surface area contributed by atoms with Crippen LogP contribution in [0.4, 0.5) is 18.0 Å². The van der Waals surface area contributed by atoms with Crippen LogP contribution in [-0.4, -0.2) is 40.5 Å². The van der Waals surface area contributed by atoms with Gasteiger partial charge in [-0.3, -0.25) is 0 Å². The zero-order valence-electron chi connectivity index (χ0n) is 17.6. The fourth-order valence-corrected chi connectivity index (χ4v) is 4.22. The van der Waals surface area contributed by atoms with Gasteiger partial charge in [0.05, 0.1) is 0 Å². The second-order valence-electron chi connectivity index (χ2n) is 7.82. The van der Waals surface area contributed by atoms with Crippen LogP contribution < -0.4 is 5.32 Å². The van der Waals surface area contributed by atoms with E-state index in [-0.39, 0.29) is 18.1 Å².